The van der Waals surface area contributed by atoms with Crippen LogP contribution in [0.2, 0.25) is 0 Å². The van der Waals surface area contributed by atoms with E-state index in [0.717, 1.165) is 10.9 Å². The van der Waals surface area contributed by atoms with Gasteiger partial charge in [0.2, 0.25) is 5.91 Å². The molecule has 1 aromatic heterocycles. The van der Waals surface area contributed by atoms with Gasteiger partial charge in [-0.05, 0) is 30.2 Å². The summed E-state index contributed by atoms with van der Waals surface area (Å²) in [6.45, 7) is 3.73. The summed E-state index contributed by atoms with van der Waals surface area (Å²) in [5.41, 5.74) is 1.39. The molecule has 1 amide bonds. The zero-order chi connectivity index (χ0) is 15.4. The maximum absolute atomic E-state index is 11.8. The van der Waals surface area contributed by atoms with Crippen LogP contribution in [0, 0.1) is 0 Å². The number of pyridine rings is 1. The molecular formula is C16H18N2O3. The number of carbonyl (C=O) groups is 2. The molecule has 110 valence electrons. The van der Waals surface area contributed by atoms with Gasteiger partial charge in [0.05, 0.1) is 5.52 Å². The predicted molar refractivity (Wildman–Crippen MR) is 79.8 cm³/mol. The molecule has 5 nitrogen and oxygen atoms in total. The Morgan fingerprint density at radius 1 is 1.33 bits per heavy atom. The number of amides is 1. The van der Waals surface area contributed by atoms with Crippen LogP contribution in [0.4, 0.5) is 0 Å². The van der Waals surface area contributed by atoms with Gasteiger partial charge < -0.3 is 10.0 Å². The second kappa shape index (κ2) is 6.35. The quantitative estimate of drug-likeness (QED) is 0.917. The van der Waals surface area contributed by atoms with Crippen molar-refractivity contribution in [1.29, 1.82) is 0 Å². The molecule has 0 saturated heterocycles. The third kappa shape index (κ3) is 3.18. The lowest BCUT2D eigenvalue weighted by Gasteiger charge is -2.28. The van der Waals surface area contributed by atoms with Crippen molar-refractivity contribution >= 4 is 22.8 Å². The second-order valence-corrected chi connectivity index (χ2v) is 4.91. The SMILES string of the molecule is CCCN(C(C)=O)C(C(=O)O)c1ccc2ncccc2c1. The number of aliphatic carboxylic acids is 1. The van der Waals surface area contributed by atoms with Gasteiger partial charge in [0, 0.05) is 25.1 Å². The number of hydrogen-bond donors (Lipinski definition) is 1. The smallest absolute Gasteiger partial charge is 0.331 e. The second-order valence-electron chi connectivity index (χ2n) is 4.91. The lowest BCUT2D eigenvalue weighted by molar-refractivity contribution is -0.149. The molecule has 2 rings (SSSR count). The van der Waals surface area contributed by atoms with E-state index in [4.69, 9.17) is 0 Å². The van der Waals surface area contributed by atoms with Crippen LogP contribution in [0.5, 0.6) is 0 Å². The van der Waals surface area contributed by atoms with E-state index in [-0.39, 0.29) is 5.91 Å². The van der Waals surface area contributed by atoms with Crippen LogP contribution in [-0.4, -0.2) is 33.4 Å². The molecule has 2 aromatic rings. The maximum atomic E-state index is 11.8. The number of carbonyl (C=O) groups excluding carboxylic acids is 1. The van der Waals surface area contributed by atoms with Crippen molar-refractivity contribution in [3.8, 4) is 0 Å². The first-order valence-corrected chi connectivity index (χ1v) is 6.89. The Morgan fingerprint density at radius 3 is 2.71 bits per heavy atom. The van der Waals surface area contributed by atoms with Gasteiger partial charge in [-0.2, -0.15) is 0 Å². The van der Waals surface area contributed by atoms with Crippen LogP contribution in [0.25, 0.3) is 10.9 Å². The summed E-state index contributed by atoms with van der Waals surface area (Å²) >= 11 is 0. The highest BCUT2D eigenvalue weighted by molar-refractivity contribution is 5.86. The molecule has 1 heterocycles. The summed E-state index contributed by atoms with van der Waals surface area (Å²) < 4.78 is 0. The minimum absolute atomic E-state index is 0.240. The van der Waals surface area contributed by atoms with E-state index in [1.165, 1.54) is 11.8 Å². The number of hydrogen-bond acceptors (Lipinski definition) is 3. The van der Waals surface area contributed by atoms with Gasteiger partial charge in [0.1, 0.15) is 0 Å². The van der Waals surface area contributed by atoms with Crippen LogP contribution in [-0.2, 0) is 9.59 Å². The molecule has 1 N–H and O–H groups in total. The van der Waals surface area contributed by atoms with Crippen LogP contribution in [0.3, 0.4) is 0 Å². The third-order valence-electron chi connectivity index (χ3n) is 3.36. The minimum atomic E-state index is -1.03. The van der Waals surface area contributed by atoms with Gasteiger partial charge in [-0.1, -0.05) is 19.1 Å². The highest BCUT2D eigenvalue weighted by Crippen LogP contribution is 2.25. The molecule has 0 aliphatic rings. The zero-order valence-corrected chi connectivity index (χ0v) is 12.1. The van der Waals surface area contributed by atoms with Gasteiger partial charge in [0.15, 0.2) is 6.04 Å². The molecule has 21 heavy (non-hydrogen) atoms. The highest BCUT2D eigenvalue weighted by atomic mass is 16.4. The Bertz CT molecular complexity index is 669. The highest BCUT2D eigenvalue weighted by Gasteiger charge is 2.28. The van der Waals surface area contributed by atoms with E-state index in [9.17, 15) is 14.7 Å². The summed E-state index contributed by atoms with van der Waals surface area (Å²) in [6, 6.07) is 8.00. The van der Waals surface area contributed by atoms with Crippen LogP contribution in [0.1, 0.15) is 31.9 Å². The number of rotatable bonds is 5. The van der Waals surface area contributed by atoms with E-state index in [2.05, 4.69) is 4.98 Å². The van der Waals surface area contributed by atoms with E-state index < -0.39 is 12.0 Å². The largest absolute Gasteiger partial charge is 0.479 e. The fourth-order valence-electron chi connectivity index (χ4n) is 2.43. The Kier molecular flexibility index (Phi) is 4.52. The van der Waals surface area contributed by atoms with Gasteiger partial charge >= 0.3 is 5.97 Å². The fraction of sp³-hybridized carbons (Fsp3) is 0.312. The maximum Gasteiger partial charge on any atom is 0.331 e. The number of carboxylic acid groups (broad SMARTS) is 1. The van der Waals surface area contributed by atoms with Crippen molar-refractivity contribution in [2.75, 3.05) is 6.54 Å². The average molecular weight is 286 g/mol. The monoisotopic (exact) mass is 286 g/mol. The van der Waals surface area contributed by atoms with Crippen molar-refractivity contribution in [2.24, 2.45) is 0 Å². The van der Waals surface area contributed by atoms with Crippen molar-refractivity contribution in [2.45, 2.75) is 26.3 Å². The fourth-order valence-corrected chi connectivity index (χ4v) is 2.43. The first kappa shape index (κ1) is 15.0. The molecule has 0 bridgehead atoms. The van der Waals surface area contributed by atoms with Gasteiger partial charge in [-0.25, -0.2) is 4.79 Å². The van der Waals surface area contributed by atoms with Crippen molar-refractivity contribution < 1.29 is 14.7 Å². The Labute approximate surface area is 123 Å². The Morgan fingerprint density at radius 2 is 2.10 bits per heavy atom. The molecule has 1 unspecified atom stereocenters. The Balaban J connectivity index is 2.48. The molecule has 1 atom stereocenters. The topological polar surface area (TPSA) is 70.5 Å². The Hall–Kier alpha value is -2.43. The van der Waals surface area contributed by atoms with Crippen LogP contribution >= 0.6 is 0 Å². The molecule has 0 saturated carbocycles. The van der Waals surface area contributed by atoms with E-state index in [1.54, 1.807) is 30.5 Å². The summed E-state index contributed by atoms with van der Waals surface area (Å²) in [5.74, 6) is -1.27. The average Bonchev–Trinajstić information content (AvgIpc) is 2.46. The molecule has 0 fully saturated rings. The van der Waals surface area contributed by atoms with Crippen molar-refractivity contribution in [1.82, 2.24) is 9.88 Å². The summed E-state index contributed by atoms with van der Waals surface area (Å²) in [5, 5.41) is 10.4. The van der Waals surface area contributed by atoms with Crippen molar-refractivity contribution in [3.63, 3.8) is 0 Å². The van der Waals surface area contributed by atoms with Gasteiger partial charge in [-0.3, -0.25) is 9.78 Å². The van der Waals surface area contributed by atoms with Crippen LogP contribution in [0.15, 0.2) is 36.5 Å². The normalized spacial score (nSPS) is 12.1. The molecule has 0 spiro atoms. The van der Waals surface area contributed by atoms with Crippen LogP contribution < -0.4 is 0 Å². The number of nitrogens with zero attached hydrogens (tertiary/aromatic N) is 2. The lowest BCUT2D eigenvalue weighted by Crippen LogP contribution is -2.38. The molecule has 0 aliphatic heterocycles. The molecule has 1 aromatic carbocycles. The van der Waals surface area contributed by atoms with Gasteiger partial charge in [0.25, 0.3) is 0 Å². The first-order valence-electron chi connectivity index (χ1n) is 6.89. The van der Waals surface area contributed by atoms with E-state index in [0.29, 0.717) is 18.5 Å². The summed E-state index contributed by atoms with van der Waals surface area (Å²) in [7, 11) is 0. The number of carboxylic acids is 1. The number of aromatic nitrogens is 1. The van der Waals surface area contributed by atoms with E-state index >= 15 is 0 Å². The third-order valence-corrected chi connectivity index (χ3v) is 3.36. The molecule has 0 radical (unpaired) electrons. The van der Waals surface area contributed by atoms with E-state index in [1.807, 2.05) is 13.0 Å². The minimum Gasteiger partial charge on any atom is -0.479 e. The number of benzene rings is 1. The molecule has 5 heteroatoms. The summed E-state index contributed by atoms with van der Waals surface area (Å²) in [4.78, 5) is 29.0. The molecule has 0 aliphatic carbocycles. The summed E-state index contributed by atoms with van der Waals surface area (Å²) in [6.07, 6.45) is 2.40. The number of fused-ring (bicyclic) bond motifs is 1. The molecular weight excluding hydrogens is 268 g/mol. The zero-order valence-electron chi connectivity index (χ0n) is 12.1. The van der Waals surface area contributed by atoms with Crippen molar-refractivity contribution in [3.05, 3.63) is 42.1 Å². The standard InChI is InChI=1S/C16H18N2O3/c1-3-9-18(11(2)19)15(16(20)21)13-6-7-14-12(10-13)5-4-8-17-14/h4-8,10,15H,3,9H2,1-2H3,(H,20,21). The van der Waals surface area contributed by atoms with Gasteiger partial charge in [-0.15, -0.1) is 0 Å². The first-order chi connectivity index (χ1) is 10.0. The lowest BCUT2D eigenvalue weighted by atomic mass is 10.0. The predicted octanol–water partition coefficient (Wildman–Crippen LogP) is 2.62.